The number of hydrogen-bond acceptors (Lipinski definition) is 3. The van der Waals surface area contributed by atoms with Crippen LogP contribution in [0.5, 0.6) is 0 Å². The molecule has 0 aromatic carbocycles. The molecule has 0 spiro atoms. The minimum Gasteiger partial charge on any atom is -0.481 e. The Balaban J connectivity index is 0. The summed E-state index contributed by atoms with van der Waals surface area (Å²) in [4.78, 5) is 9.37. The summed E-state index contributed by atoms with van der Waals surface area (Å²) in [5, 5.41) is 7.72. The Hall–Kier alpha value is -0.620. The Kier molecular flexibility index (Phi) is 7.23. The molecule has 0 aromatic heterocycles. The molecule has 0 fully saturated rings. The number of carboxylic acids is 1. The number of hydrogen-bond donors (Lipinski definition) is 2. The number of carboxylic acid groups (broad SMARTS) is 1. The van der Waals surface area contributed by atoms with Gasteiger partial charge in [0.2, 0.25) is 0 Å². The van der Waals surface area contributed by atoms with Crippen molar-refractivity contribution in [3.05, 3.63) is 0 Å². The number of aliphatic carboxylic acids is 1. The van der Waals surface area contributed by atoms with Crippen molar-refractivity contribution < 1.29 is 22.9 Å². The van der Waals surface area contributed by atoms with Gasteiger partial charge in [0.15, 0.2) is 0 Å². The van der Waals surface area contributed by atoms with Crippen LogP contribution >= 0.6 is 0 Å². The van der Waals surface area contributed by atoms with Gasteiger partial charge in [0, 0.05) is 6.42 Å². The molecule has 11 heavy (non-hydrogen) atoms. The maximum atomic E-state index is 9.56. The quantitative estimate of drug-likeness (QED) is 0.605. The summed E-state index contributed by atoms with van der Waals surface area (Å²) in [7, 11) is -3.66. The lowest BCUT2D eigenvalue weighted by atomic mass is 10.5. The molecule has 6 heteroatoms. The summed E-state index contributed by atoms with van der Waals surface area (Å²) in [5.74, 6) is -0.947. The molecule has 0 unspecified atom stereocenters. The van der Waals surface area contributed by atoms with E-state index in [2.05, 4.69) is 0 Å². The zero-order valence-corrected chi connectivity index (χ0v) is 7.26. The first kappa shape index (κ1) is 13.0. The normalized spacial score (nSPS) is 9.73. The van der Waals surface area contributed by atoms with E-state index in [4.69, 9.17) is 9.66 Å². The fourth-order valence-electron chi connectivity index (χ4n) is 0. The van der Waals surface area contributed by atoms with Crippen LogP contribution in [-0.2, 0) is 14.9 Å². The SMILES string of the molecule is CCC(=O)O.CCS(=O)(=O)O. The maximum absolute atomic E-state index is 9.56. The average molecular weight is 184 g/mol. The van der Waals surface area contributed by atoms with Crippen molar-refractivity contribution in [1.29, 1.82) is 0 Å². The van der Waals surface area contributed by atoms with Crippen molar-refractivity contribution in [2.45, 2.75) is 20.3 Å². The molecule has 68 valence electrons. The molecular weight excluding hydrogens is 172 g/mol. The van der Waals surface area contributed by atoms with Gasteiger partial charge in [0.1, 0.15) is 0 Å². The Labute approximate surface area is 65.8 Å². The smallest absolute Gasteiger partial charge is 0.303 e. The van der Waals surface area contributed by atoms with Crippen LogP contribution in [0.3, 0.4) is 0 Å². The van der Waals surface area contributed by atoms with Gasteiger partial charge >= 0.3 is 5.97 Å². The third-order valence-corrected chi connectivity index (χ3v) is 1.40. The first-order chi connectivity index (χ1) is 4.83. The first-order valence-corrected chi connectivity index (χ1v) is 4.61. The van der Waals surface area contributed by atoms with E-state index in [9.17, 15) is 13.2 Å². The van der Waals surface area contributed by atoms with Crippen molar-refractivity contribution in [1.82, 2.24) is 0 Å². The van der Waals surface area contributed by atoms with Crippen LogP contribution in [-0.4, -0.2) is 29.8 Å². The predicted molar refractivity (Wildman–Crippen MR) is 40.0 cm³/mol. The molecule has 2 N–H and O–H groups in total. The summed E-state index contributed by atoms with van der Waals surface area (Å²) in [6, 6.07) is 0. The fourth-order valence-corrected chi connectivity index (χ4v) is 0. The van der Waals surface area contributed by atoms with E-state index >= 15 is 0 Å². The van der Waals surface area contributed by atoms with Gasteiger partial charge in [-0.25, -0.2) is 0 Å². The van der Waals surface area contributed by atoms with Crippen molar-refractivity contribution >= 4 is 16.1 Å². The fraction of sp³-hybridized carbons (Fsp3) is 0.800. The Bertz CT molecular complexity index is 193. The lowest BCUT2D eigenvalue weighted by molar-refractivity contribution is -0.136. The van der Waals surface area contributed by atoms with Gasteiger partial charge in [0.05, 0.1) is 5.75 Å². The van der Waals surface area contributed by atoms with Crippen molar-refractivity contribution in [3.63, 3.8) is 0 Å². The lowest BCUT2D eigenvalue weighted by Gasteiger charge is -1.79. The van der Waals surface area contributed by atoms with Crippen molar-refractivity contribution in [2.24, 2.45) is 0 Å². The summed E-state index contributed by atoms with van der Waals surface area (Å²) < 4.78 is 26.9. The molecule has 0 atom stereocenters. The third kappa shape index (κ3) is 26.6. The molecule has 0 saturated carbocycles. The van der Waals surface area contributed by atoms with Gasteiger partial charge in [-0.3, -0.25) is 9.35 Å². The maximum Gasteiger partial charge on any atom is 0.303 e. The lowest BCUT2D eigenvalue weighted by Crippen LogP contribution is -1.97. The van der Waals surface area contributed by atoms with Gasteiger partial charge in [-0.15, -0.1) is 0 Å². The molecule has 5 nitrogen and oxygen atoms in total. The van der Waals surface area contributed by atoms with E-state index in [1.807, 2.05) is 0 Å². The van der Waals surface area contributed by atoms with Crippen LogP contribution in [0.25, 0.3) is 0 Å². The molecule has 0 bridgehead atoms. The van der Waals surface area contributed by atoms with Crippen LogP contribution in [0, 0.1) is 0 Å². The Morgan fingerprint density at radius 2 is 1.55 bits per heavy atom. The average Bonchev–Trinajstić information content (AvgIpc) is 1.88. The predicted octanol–water partition coefficient (Wildman–Crippen LogP) is 0.375. The van der Waals surface area contributed by atoms with Gasteiger partial charge in [-0.05, 0) is 6.92 Å². The monoisotopic (exact) mass is 184 g/mol. The number of rotatable bonds is 2. The van der Waals surface area contributed by atoms with Crippen molar-refractivity contribution in [2.75, 3.05) is 5.75 Å². The van der Waals surface area contributed by atoms with Crippen LogP contribution in [0.15, 0.2) is 0 Å². The molecule has 0 radical (unpaired) electrons. The molecule has 0 amide bonds. The molecule has 0 aromatic rings. The summed E-state index contributed by atoms with van der Waals surface area (Å²) in [6.45, 7) is 2.97. The second kappa shape index (κ2) is 6.11. The van der Waals surface area contributed by atoms with E-state index in [1.165, 1.54) is 6.92 Å². The highest BCUT2D eigenvalue weighted by atomic mass is 32.2. The van der Waals surface area contributed by atoms with E-state index in [1.54, 1.807) is 6.92 Å². The van der Waals surface area contributed by atoms with Gasteiger partial charge in [0.25, 0.3) is 10.1 Å². The van der Waals surface area contributed by atoms with E-state index in [-0.39, 0.29) is 12.2 Å². The highest BCUT2D eigenvalue weighted by molar-refractivity contribution is 7.85. The van der Waals surface area contributed by atoms with Gasteiger partial charge < -0.3 is 5.11 Å². The van der Waals surface area contributed by atoms with Crippen molar-refractivity contribution in [3.8, 4) is 0 Å². The molecule has 0 aliphatic rings. The Morgan fingerprint density at radius 3 is 1.55 bits per heavy atom. The van der Waals surface area contributed by atoms with Crippen LogP contribution in [0.1, 0.15) is 20.3 Å². The molecular formula is C5H12O5S. The molecule has 0 rings (SSSR count). The van der Waals surface area contributed by atoms with Gasteiger partial charge in [-0.2, -0.15) is 8.42 Å². The summed E-state index contributed by atoms with van der Waals surface area (Å²) in [5.41, 5.74) is 0. The summed E-state index contributed by atoms with van der Waals surface area (Å²) in [6.07, 6.45) is 0.222. The van der Waals surface area contributed by atoms with E-state index in [0.29, 0.717) is 0 Å². The minimum absolute atomic E-state index is 0.201. The second-order valence-electron chi connectivity index (χ2n) is 1.62. The number of carbonyl (C=O) groups is 1. The van der Waals surface area contributed by atoms with Crippen LogP contribution in [0.4, 0.5) is 0 Å². The topological polar surface area (TPSA) is 91.7 Å². The second-order valence-corrected chi connectivity index (χ2v) is 3.36. The largest absolute Gasteiger partial charge is 0.481 e. The first-order valence-electron chi connectivity index (χ1n) is 3.00. The third-order valence-electron chi connectivity index (χ3n) is 0.667. The highest BCUT2D eigenvalue weighted by Crippen LogP contribution is 1.74. The molecule has 0 aliphatic heterocycles. The molecule has 0 heterocycles. The van der Waals surface area contributed by atoms with Crippen LogP contribution in [0.2, 0.25) is 0 Å². The summed E-state index contributed by atoms with van der Waals surface area (Å²) >= 11 is 0. The van der Waals surface area contributed by atoms with E-state index in [0.717, 1.165) is 0 Å². The zero-order valence-electron chi connectivity index (χ0n) is 6.44. The zero-order chi connectivity index (χ0) is 9.49. The highest BCUT2D eigenvalue weighted by Gasteiger charge is 1.93. The minimum atomic E-state index is -3.66. The Morgan fingerprint density at radius 1 is 1.36 bits per heavy atom. The molecule has 0 aliphatic carbocycles. The standard InChI is InChI=1S/C3H6O2.C2H6O3S/c1-2-3(4)5;1-2-6(3,4)5/h2H2,1H3,(H,4,5);2H2,1H3,(H,3,4,5). The van der Waals surface area contributed by atoms with E-state index < -0.39 is 16.1 Å². The van der Waals surface area contributed by atoms with Gasteiger partial charge in [-0.1, -0.05) is 6.92 Å². The van der Waals surface area contributed by atoms with Crippen LogP contribution < -0.4 is 0 Å². The molecule has 0 saturated heterocycles.